The summed E-state index contributed by atoms with van der Waals surface area (Å²) in [5.74, 6) is -0.240. The van der Waals surface area contributed by atoms with Crippen molar-refractivity contribution in [1.29, 1.82) is 0 Å². The maximum atomic E-state index is 11.8. The standard InChI is InChI=1S/C12H15N5O2/c1-16-6-3-10(7-11(16)18)12(19)14-4-2-5-17-9-13-8-15-17/h3,6-9H,2,4-5H2,1H3,(H,14,19). The average molecular weight is 261 g/mol. The summed E-state index contributed by atoms with van der Waals surface area (Å²) in [5.41, 5.74) is 0.180. The van der Waals surface area contributed by atoms with Crippen LogP contribution in [0, 0.1) is 0 Å². The molecule has 0 fully saturated rings. The Morgan fingerprint density at radius 1 is 1.47 bits per heavy atom. The summed E-state index contributed by atoms with van der Waals surface area (Å²) in [5, 5.41) is 6.72. The minimum absolute atomic E-state index is 0.199. The second-order valence-electron chi connectivity index (χ2n) is 4.13. The van der Waals surface area contributed by atoms with Crippen LogP contribution in [0.25, 0.3) is 0 Å². The highest BCUT2D eigenvalue weighted by atomic mass is 16.2. The molecule has 0 saturated heterocycles. The number of amides is 1. The lowest BCUT2D eigenvalue weighted by atomic mass is 10.2. The van der Waals surface area contributed by atoms with E-state index in [0.717, 1.165) is 6.42 Å². The first kappa shape index (κ1) is 13.0. The lowest BCUT2D eigenvalue weighted by Gasteiger charge is -2.05. The van der Waals surface area contributed by atoms with Gasteiger partial charge in [-0.3, -0.25) is 14.3 Å². The average Bonchev–Trinajstić information content (AvgIpc) is 2.91. The maximum Gasteiger partial charge on any atom is 0.251 e. The number of carbonyl (C=O) groups excluding carboxylic acids is 1. The van der Waals surface area contributed by atoms with E-state index in [-0.39, 0.29) is 11.5 Å². The summed E-state index contributed by atoms with van der Waals surface area (Å²) in [4.78, 5) is 27.0. The number of aryl methyl sites for hydroxylation is 2. The van der Waals surface area contributed by atoms with Gasteiger partial charge in [-0.15, -0.1) is 0 Å². The zero-order valence-electron chi connectivity index (χ0n) is 10.6. The molecule has 1 amide bonds. The van der Waals surface area contributed by atoms with Crippen molar-refractivity contribution in [2.45, 2.75) is 13.0 Å². The van der Waals surface area contributed by atoms with Crippen LogP contribution in [0.15, 0.2) is 35.8 Å². The Hall–Kier alpha value is -2.44. The van der Waals surface area contributed by atoms with Gasteiger partial charge < -0.3 is 9.88 Å². The molecule has 0 spiro atoms. The van der Waals surface area contributed by atoms with Gasteiger partial charge in [0.05, 0.1) is 0 Å². The van der Waals surface area contributed by atoms with Crippen LogP contribution >= 0.6 is 0 Å². The van der Waals surface area contributed by atoms with Gasteiger partial charge in [-0.05, 0) is 12.5 Å². The van der Waals surface area contributed by atoms with E-state index in [4.69, 9.17) is 0 Å². The second kappa shape index (κ2) is 5.94. The number of aromatic nitrogens is 4. The van der Waals surface area contributed by atoms with Gasteiger partial charge in [0.2, 0.25) is 0 Å². The number of rotatable bonds is 5. The smallest absolute Gasteiger partial charge is 0.251 e. The van der Waals surface area contributed by atoms with Gasteiger partial charge in [0.25, 0.3) is 11.5 Å². The predicted molar refractivity (Wildman–Crippen MR) is 68.7 cm³/mol. The second-order valence-corrected chi connectivity index (χ2v) is 4.13. The fraction of sp³-hybridized carbons (Fsp3) is 0.333. The Morgan fingerprint density at radius 3 is 3.00 bits per heavy atom. The van der Waals surface area contributed by atoms with Crippen molar-refractivity contribution in [2.75, 3.05) is 6.54 Å². The molecule has 0 radical (unpaired) electrons. The molecule has 2 rings (SSSR count). The zero-order chi connectivity index (χ0) is 13.7. The molecule has 1 N–H and O–H groups in total. The van der Waals surface area contributed by atoms with E-state index in [0.29, 0.717) is 18.7 Å². The molecule has 0 aliphatic rings. The van der Waals surface area contributed by atoms with Gasteiger partial charge in [0.15, 0.2) is 0 Å². The molecule has 0 bridgehead atoms. The molecule has 2 aromatic heterocycles. The fourth-order valence-corrected chi connectivity index (χ4v) is 1.58. The van der Waals surface area contributed by atoms with Gasteiger partial charge in [-0.2, -0.15) is 5.10 Å². The summed E-state index contributed by atoms with van der Waals surface area (Å²) in [6, 6.07) is 2.95. The molecule has 2 heterocycles. The molecule has 0 aliphatic carbocycles. The van der Waals surface area contributed by atoms with Crippen LogP contribution < -0.4 is 10.9 Å². The summed E-state index contributed by atoms with van der Waals surface area (Å²) in [6.07, 6.45) is 5.42. The van der Waals surface area contributed by atoms with Crippen molar-refractivity contribution in [3.63, 3.8) is 0 Å². The monoisotopic (exact) mass is 261 g/mol. The lowest BCUT2D eigenvalue weighted by molar-refractivity contribution is 0.0952. The van der Waals surface area contributed by atoms with E-state index in [9.17, 15) is 9.59 Å². The van der Waals surface area contributed by atoms with Crippen molar-refractivity contribution >= 4 is 5.91 Å². The van der Waals surface area contributed by atoms with E-state index >= 15 is 0 Å². The van der Waals surface area contributed by atoms with Crippen LogP contribution in [0.3, 0.4) is 0 Å². The largest absolute Gasteiger partial charge is 0.352 e. The number of carbonyl (C=O) groups is 1. The van der Waals surface area contributed by atoms with Crippen LogP contribution in [0.1, 0.15) is 16.8 Å². The van der Waals surface area contributed by atoms with Gasteiger partial charge in [0.1, 0.15) is 12.7 Å². The number of hydrogen-bond donors (Lipinski definition) is 1. The highest BCUT2D eigenvalue weighted by molar-refractivity contribution is 5.93. The molecular formula is C12H15N5O2. The third kappa shape index (κ3) is 3.51. The van der Waals surface area contributed by atoms with Gasteiger partial charge in [-0.1, -0.05) is 0 Å². The Bertz CT molecular complexity index is 603. The number of nitrogens with one attached hydrogen (secondary N) is 1. The third-order valence-corrected chi connectivity index (χ3v) is 2.68. The number of hydrogen-bond acceptors (Lipinski definition) is 4. The molecule has 0 unspecified atom stereocenters. The SMILES string of the molecule is Cn1ccc(C(=O)NCCCn2cncn2)cc1=O. The first-order valence-corrected chi connectivity index (χ1v) is 5.94. The molecule has 0 aromatic carbocycles. The predicted octanol–water partition coefficient (Wildman–Crippen LogP) is -0.203. The highest BCUT2D eigenvalue weighted by Gasteiger charge is 2.05. The quantitative estimate of drug-likeness (QED) is 0.755. The summed E-state index contributed by atoms with van der Waals surface area (Å²) >= 11 is 0. The molecule has 7 nitrogen and oxygen atoms in total. The molecule has 100 valence electrons. The fourth-order valence-electron chi connectivity index (χ4n) is 1.58. The van der Waals surface area contributed by atoms with Gasteiger partial charge in [0, 0.05) is 38.0 Å². The van der Waals surface area contributed by atoms with E-state index in [1.807, 2.05) is 0 Å². The molecule has 0 saturated carbocycles. The summed E-state index contributed by atoms with van der Waals surface area (Å²) in [6.45, 7) is 1.21. The Balaban J connectivity index is 1.81. The first-order chi connectivity index (χ1) is 9.16. The molecule has 0 aliphatic heterocycles. The summed E-state index contributed by atoms with van der Waals surface area (Å²) < 4.78 is 3.12. The van der Waals surface area contributed by atoms with Crippen LogP contribution in [-0.4, -0.2) is 31.8 Å². The Labute approximate surface area is 109 Å². The molecule has 0 atom stereocenters. The van der Waals surface area contributed by atoms with E-state index in [1.54, 1.807) is 30.3 Å². The van der Waals surface area contributed by atoms with Crippen LogP contribution in [-0.2, 0) is 13.6 Å². The van der Waals surface area contributed by atoms with Crippen molar-refractivity contribution in [3.8, 4) is 0 Å². The van der Waals surface area contributed by atoms with Crippen molar-refractivity contribution < 1.29 is 4.79 Å². The van der Waals surface area contributed by atoms with E-state index < -0.39 is 0 Å². The van der Waals surface area contributed by atoms with Gasteiger partial charge in [-0.25, -0.2) is 4.98 Å². The zero-order valence-corrected chi connectivity index (χ0v) is 10.6. The van der Waals surface area contributed by atoms with Crippen LogP contribution in [0.4, 0.5) is 0 Å². The topological polar surface area (TPSA) is 81.8 Å². The van der Waals surface area contributed by atoms with Gasteiger partial charge >= 0.3 is 0 Å². The lowest BCUT2D eigenvalue weighted by Crippen LogP contribution is -2.27. The van der Waals surface area contributed by atoms with Crippen molar-refractivity contribution in [1.82, 2.24) is 24.6 Å². The van der Waals surface area contributed by atoms with Crippen LogP contribution in [0.5, 0.6) is 0 Å². The normalized spacial score (nSPS) is 10.4. The minimum Gasteiger partial charge on any atom is -0.352 e. The molecular weight excluding hydrogens is 246 g/mol. The molecule has 19 heavy (non-hydrogen) atoms. The minimum atomic E-state index is -0.240. The van der Waals surface area contributed by atoms with E-state index in [2.05, 4.69) is 15.4 Å². The number of nitrogens with zero attached hydrogens (tertiary/aromatic N) is 4. The molecule has 2 aromatic rings. The van der Waals surface area contributed by atoms with Crippen LogP contribution in [0.2, 0.25) is 0 Å². The summed E-state index contributed by atoms with van der Waals surface area (Å²) in [7, 11) is 1.64. The first-order valence-electron chi connectivity index (χ1n) is 5.94. The molecule has 7 heteroatoms. The van der Waals surface area contributed by atoms with E-state index in [1.165, 1.54) is 17.0 Å². The van der Waals surface area contributed by atoms with Crippen molar-refractivity contribution in [2.24, 2.45) is 7.05 Å². The van der Waals surface area contributed by atoms with Crippen molar-refractivity contribution in [3.05, 3.63) is 46.9 Å². The third-order valence-electron chi connectivity index (χ3n) is 2.68. The maximum absolute atomic E-state index is 11.8. The number of pyridine rings is 1. The Morgan fingerprint density at radius 2 is 2.32 bits per heavy atom. The Kier molecular flexibility index (Phi) is 4.07. The highest BCUT2D eigenvalue weighted by Crippen LogP contribution is 1.94.